The number of aromatic nitrogens is 4. The molecule has 1 saturated heterocycles. The minimum Gasteiger partial charge on any atom is -0.383 e. The van der Waals surface area contributed by atoms with Gasteiger partial charge in [0.2, 0.25) is 5.91 Å². The van der Waals surface area contributed by atoms with Gasteiger partial charge in [0.1, 0.15) is 11.3 Å². The number of nitrogen functional groups attached to an aromatic ring is 1. The van der Waals surface area contributed by atoms with E-state index in [9.17, 15) is 4.79 Å². The van der Waals surface area contributed by atoms with Crippen molar-refractivity contribution in [1.29, 1.82) is 0 Å². The first-order chi connectivity index (χ1) is 21.9. The lowest BCUT2D eigenvalue weighted by molar-refractivity contribution is -0.118. The van der Waals surface area contributed by atoms with Crippen LogP contribution in [0.4, 0.5) is 5.82 Å². The Labute approximate surface area is 267 Å². The number of hydrogen-bond donors (Lipinski definition) is 3. The molecule has 0 saturated carbocycles. The molecule has 238 valence electrons. The number of nitrogens with one attached hydrogen (secondary N) is 1. The van der Waals surface area contributed by atoms with Gasteiger partial charge in [0.15, 0.2) is 11.5 Å². The molecule has 45 heavy (non-hydrogen) atoms. The first kappa shape index (κ1) is 34.9. The molecule has 9 nitrogen and oxygen atoms in total. The predicted octanol–water partition coefficient (Wildman–Crippen LogP) is 6.30. The van der Waals surface area contributed by atoms with Crippen molar-refractivity contribution in [3.05, 3.63) is 96.4 Å². The number of anilines is 1. The first-order valence-electron chi connectivity index (χ1n) is 15.6. The van der Waals surface area contributed by atoms with Gasteiger partial charge in [-0.05, 0) is 88.2 Å². The molecule has 4 aromatic rings. The van der Waals surface area contributed by atoms with Crippen molar-refractivity contribution in [3.8, 4) is 17.1 Å². The monoisotopic (exact) mass is 608 g/mol. The van der Waals surface area contributed by atoms with E-state index in [1.807, 2.05) is 58.0 Å². The summed E-state index contributed by atoms with van der Waals surface area (Å²) in [6, 6.07) is 16.6. The van der Waals surface area contributed by atoms with Crippen molar-refractivity contribution in [3.63, 3.8) is 0 Å². The van der Waals surface area contributed by atoms with Gasteiger partial charge in [0.05, 0.1) is 11.3 Å². The fourth-order valence-electron chi connectivity index (χ4n) is 5.21. The highest BCUT2D eigenvalue weighted by molar-refractivity contribution is 5.92. The maximum Gasteiger partial charge on any atom is 0.246 e. The van der Waals surface area contributed by atoms with E-state index < -0.39 is 0 Å². The smallest absolute Gasteiger partial charge is 0.246 e. The zero-order valence-corrected chi connectivity index (χ0v) is 27.5. The van der Waals surface area contributed by atoms with Crippen molar-refractivity contribution in [2.45, 2.75) is 60.0 Å². The second kappa shape index (κ2) is 17.0. The summed E-state index contributed by atoms with van der Waals surface area (Å²) in [5.74, 6) is 1.07. The first-order valence-corrected chi connectivity index (χ1v) is 15.6. The van der Waals surface area contributed by atoms with Gasteiger partial charge < -0.3 is 16.8 Å². The van der Waals surface area contributed by atoms with Gasteiger partial charge in [0.25, 0.3) is 0 Å². The molecule has 0 spiro atoms. The molecular formula is C36H48N8O. The Morgan fingerprint density at radius 3 is 2.33 bits per heavy atom. The van der Waals surface area contributed by atoms with Crippen LogP contribution in [0.3, 0.4) is 0 Å². The highest BCUT2D eigenvalue weighted by atomic mass is 16.1. The lowest BCUT2D eigenvalue weighted by Crippen LogP contribution is -2.44. The quantitative estimate of drug-likeness (QED) is 0.158. The number of nitrogens with zero attached hydrogens (tertiary/aromatic N) is 5. The normalized spacial score (nSPS) is 14.0. The summed E-state index contributed by atoms with van der Waals surface area (Å²) in [7, 11) is 1.50. The Bertz CT molecular complexity index is 1630. The third kappa shape index (κ3) is 8.53. The molecule has 9 heteroatoms. The summed E-state index contributed by atoms with van der Waals surface area (Å²) in [5.41, 5.74) is 17.8. The molecule has 5 N–H and O–H groups in total. The maximum absolute atomic E-state index is 12.0. The summed E-state index contributed by atoms with van der Waals surface area (Å²) in [6.07, 6.45) is 9.68. The van der Waals surface area contributed by atoms with Crippen LogP contribution < -0.4 is 16.8 Å². The van der Waals surface area contributed by atoms with Gasteiger partial charge in [-0.3, -0.25) is 14.3 Å². The van der Waals surface area contributed by atoms with E-state index in [-0.39, 0.29) is 11.9 Å². The van der Waals surface area contributed by atoms with E-state index in [1.54, 1.807) is 13.1 Å². The van der Waals surface area contributed by atoms with E-state index >= 15 is 0 Å². The SMILES string of the molecule is C=C(C)C(=O)NC1CCN(Cc2ccc(-n3c(-c4cccnc4N)nc4ccc(C(/C=C\C)=C/C)nc43)cc2)CC1.CC.CN. The van der Waals surface area contributed by atoms with E-state index in [1.165, 1.54) is 12.6 Å². The minimum atomic E-state index is -0.0520. The molecule has 1 fully saturated rings. The summed E-state index contributed by atoms with van der Waals surface area (Å²) < 4.78 is 2.06. The number of benzene rings is 1. The third-order valence-electron chi connectivity index (χ3n) is 7.45. The van der Waals surface area contributed by atoms with Crippen molar-refractivity contribution in [1.82, 2.24) is 29.7 Å². The number of rotatable bonds is 8. The van der Waals surface area contributed by atoms with Crippen LogP contribution in [-0.2, 0) is 11.3 Å². The average Bonchev–Trinajstić information content (AvgIpc) is 3.45. The lowest BCUT2D eigenvalue weighted by atomic mass is 10.0. The summed E-state index contributed by atoms with van der Waals surface area (Å²) in [5, 5.41) is 3.08. The van der Waals surface area contributed by atoms with Crippen molar-refractivity contribution < 1.29 is 4.79 Å². The molecule has 1 aliphatic rings. The number of piperidine rings is 1. The number of carbonyl (C=O) groups is 1. The van der Waals surface area contributed by atoms with Crippen molar-refractivity contribution >= 4 is 28.5 Å². The number of carbonyl (C=O) groups excluding carboxylic acids is 1. The number of fused-ring (bicyclic) bond motifs is 1. The molecular weight excluding hydrogens is 560 g/mol. The Balaban J connectivity index is 0.00000133. The fourth-order valence-corrected chi connectivity index (χ4v) is 5.21. The van der Waals surface area contributed by atoms with Gasteiger partial charge in [-0.2, -0.15) is 0 Å². The van der Waals surface area contributed by atoms with Crippen LogP contribution >= 0.6 is 0 Å². The van der Waals surface area contributed by atoms with Gasteiger partial charge in [-0.15, -0.1) is 0 Å². The summed E-state index contributed by atoms with van der Waals surface area (Å²) in [4.78, 5) is 28.7. The number of pyridine rings is 2. The largest absolute Gasteiger partial charge is 0.383 e. The number of amides is 1. The predicted molar refractivity (Wildman–Crippen MR) is 188 cm³/mol. The molecule has 3 aromatic heterocycles. The second-order valence-corrected chi connectivity index (χ2v) is 10.5. The third-order valence-corrected chi connectivity index (χ3v) is 7.45. The molecule has 1 aliphatic heterocycles. The van der Waals surface area contributed by atoms with E-state index in [0.29, 0.717) is 17.2 Å². The van der Waals surface area contributed by atoms with Crippen LogP contribution in [0.1, 0.15) is 58.7 Å². The number of nitrogens with two attached hydrogens (primary N) is 2. The minimum absolute atomic E-state index is 0.0520. The maximum atomic E-state index is 12.0. The molecule has 4 heterocycles. The molecule has 0 bridgehead atoms. The topological polar surface area (TPSA) is 128 Å². The molecule has 5 rings (SSSR count). The lowest BCUT2D eigenvalue weighted by Gasteiger charge is -2.32. The van der Waals surface area contributed by atoms with Crippen LogP contribution in [0.2, 0.25) is 0 Å². The van der Waals surface area contributed by atoms with E-state index in [4.69, 9.17) is 15.7 Å². The van der Waals surface area contributed by atoms with Crippen LogP contribution in [0, 0.1) is 0 Å². The number of hydrogen-bond acceptors (Lipinski definition) is 7. The van der Waals surface area contributed by atoms with Gasteiger partial charge in [-0.1, -0.05) is 50.8 Å². The van der Waals surface area contributed by atoms with Gasteiger partial charge in [0, 0.05) is 43.1 Å². The molecule has 1 amide bonds. The molecule has 0 aliphatic carbocycles. The Morgan fingerprint density at radius 2 is 1.73 bits per heavy atom. The van der Waals surface area contributed by atoms with Gasteiger partial charge in [-0.25, -0.2) is 15.0 Å². The number of likely N-dealkylation sites (tertiary alicyclic amines) is 1. The molecule has 0 unspecified atom stereocenters. The number of imidazole rings is 1. The van der Waals surface area contributed by atoms with E-state index in [0.717, 1.165) is 66.2 Å². The summed E-state index contributed by atoms with van der Waals surface area (Å²) >= 11 is 0. The molecule has 1 aromatic carbocycles. The van der Waals surface area contributed by atoms with Crippen LogP contribution in [0.5, 0.6) is 0 Å². The van der Waals surface area contributed by atoms with Crippen LogP contribution in [-0.4, -0.2) is 56.5 Å². The highest BCUT2D eigenvalue weighted by Crippen LogP contribution is 2.31. The Kier molecular flexibility index (Phi) is 13.2. The fraction of sp³-hybridized carbons (Fsp3) is 0.333. The molecule has 0 atom stereocenters. The second-order valence-electron chi connectivity index (χ2n) is 10.5. The average molecular weight is 609 g/mol. The summed E-state index contributed by atoms with van der Waals surface area (Å²) in [6.45, 7) is 16.2. The molecule has 0 radical (unpaired) electrons. The zero-order chi connectivity index (χ0) is 32.9. The van der Waals surface area contributed by atoms with Crippen molar-refractivity contribution in [2.24, 2.45) is 5.73 Å². The Morgan fingerprint density at radius 1 is 1.04 bits per heavy atom. The van der Waals surface area contributed by atoms with Crippen molar-refractivity contribution in [2.75, 3.05) is 25.9 Å². The van der Waals surface area contributed by atoms with Gasteiger partial charge >= 0.3 is 0 Å². The number of allylic oxidation sites excluding steroid dienone is 4. The zero-order valence-electron chi connectivity index (χ0n) is 27.5. The Hall–Kier alpha value is -4.60. The van der Waals surface area contributed by atoms with Crippen LogP contribution in [0.15, 0.2) is 85.1 Å². The highest BCUT2D eigenvalue weighted by Gasteiger charge is 2.22. The van der Waals surface area contributed by atoms with Crippen LogP contribution in [0.25, 0.3) is 33.8 Å². The standard InChI is InChI=1S/C33H37N7O.C2H6.CH5N/c1-5-8-24(6-2)28-14-15-29-32(37-28)40(31(38-29)27-9-7-18-35-30(27)34)26-12-10-23(11-13-26)21-39-19-16-25(17-20-39)36-33(41)22(3)4;2*1-2/h5-15,18,25H,3,16-17,19-21H2,1-2,4H3,(H2,34,35)(H,36,41);1-2H3;2H2,1H3/b8-5-,24-6+;;. The van der Waals surface area contributed by atoms with E-state index in [2.05, 4.69) is 68.5 Å².